The van der Waals surface area contributed by atoms with Crippen molar-refractivity contribution in [3.8, 4) is 0 Å². The predicted octanol–water partition coefficient (Wildman–Crippen LogP) is 8.36. The van der Waals surface area contributed by atoms with Crippen molar-refractivity contribution in [2.24, 2.45) is 0 Å². The van der Waals surface area contributed by atoms with E-state index < -0.39 is 87.7 Å². The Hall–Kier alpha value is -1.87. The molecule has 39 heavy (non-hydrogen) atoms. The van der Waals surface area contributed by atoms with Crippen molar-refractivity contribution in [2.75, 3.05) is 18.1 Å². The van der Waals surface area contributed by atoms with Crippen LogP contribution in [0.5, 0.6) is 0 Å². The van der Waals surface area contributed by atoms with Gasteiger partial charge in [-0.2, -0.15) is 39.5 Å². The van der Waals surface area contributed by atoms with E-state index in [1.54, 1.807) is 0 Å². The molecule has 2 unspecified atom stereocenters. The van der Waals surface area contributed by atoms with E-state index in [9.17, 15) is 53.3 Å². The first-order valence-electron chi connectivity index (χ1n) is 10.2. The molecule has 3 nitrogen and oxygen atoms in total. The highest BCUT2D eigenvalue weighted by atomic mass is 35.5. The second-order valence-electron chi connectivity index (χ2n) is 7.75. The molecule has 2 rings (SSSR count). The van der Waals surface area contributed by atoms with Gasteiger partial charge in [0.05, 0.1) is 32.7 Å². The van der Waals surface area contributed by atoms with Gasteiger partial charge in [0.25, 0.3) is 5.91 Å². The third kappa shape index (κ3) is 9.62. The van der Waals surface area contributed by atoms with E-state index in [4.69, 9.17) is 34.8 Å². The Labute approximate surface area is 232 Å². The average Bonchev–Trinajstić information content (AvgIpc) is 2.77. The van der Waals surface area contributed by atoms with Crippen LogP contribution in [0.25, 0.3) is 5.83 Å². The molecule has 0 bridgehead atoms. The number of rotatable bonds is 8. The maximum absolute atomic E-state index is 14.9. The molecule has 0 aliphatic rings. The highest BCUT2D eigenvalue weighted by Gasteiger charge is 2.41. The van der Waals surface area contributed by atoms with E-state index in [1.807, 2.05) is 5.32 Å². The van der Waals surface area contributed by atoms with E-state index in [2.05, 4.69) is 0 Å². The number of alkyl halides is 9. The Bertz CT molecular complexity index is 1210. The smallest absolute Gasteiger partial charge is 0.433 e. The molecule has 2 atom stereocenters. The standard InChI is InChI=1S/C22H14Cl3F10NO2S/c23-15-6-11(7-16(24)18(15)25)13(21(30,31)32)8-17(26)10-1-2-12(14(5-10)22(33,34)35)19(37)36-3-4-39(38)9-20(27,28)29/h1-2,5-8,13H,3-4,9H2,(H,36,37)/b17-8-. The molecule has 1 N–H and O–H groups in total. The number of carbonyl (C=O) groups excluding carboxylic acids is 1. The fraction of sp³-hybridized carbons (Fsp3) is 0.318. The number of halogens is 13. The van der Waals surface area contributed by atoms with Crippen LogP contribution in [0, 0.1) is 0 Å². The molecule has 0 heterocycles. The summed E-state index contributed by atoms with van der Waals surface area (Å²) in [4.78, 5) is 12.2. The van der Waals surface area contributed by atoms with Gasteiger partial charge in [0.2, 0.25) is 5.75 Å². The summed E-state index contributed by atoms with van der Waals surface area (Å²) in [7, 11) is 0. The fourth-order valence-corrected chi connectivity index (χ4v) is 4.58. The van der Waals surface area contributed by atoms with Crippen LogP contribution in [0.3, 0.4) is 0 Å². The third-order valence-corrected chi connectivity index (χ3v) is 7.32. The zero-order valence-electron chi connectivity index (χ0n) is 18.8. The molecule has 0 aromatic heterocycles. The lowest BCUT2D eigenvalue weighted by Gasteiger charge is -2.19. The molecule has 1 amide bonds. The number of amides is 1. The van der Waals surface area contributed by atoms with Gasteiger partial charge in [0.15, 0.2) is 0 Å². The highest BCUT2D eigenvalue weighted by molar-refractivity contribution is 7.91. The molecular formula is C22H14Cl3F10NO2S. The topological polar surface area (TPSA) is 52.2 Å². The van der Waals surface area contributed by atoms with Crippen LogP contribution in [0.4, 0.5) is 43.9 Å². The van der Waals surface area contributed by atoms with Gasteiger partial charge in [-0.25, -0.2) is 4.39 Å². The Kier molecular flexibility index (Phi) is 10.9. The van der Waals surface area contributed by atoms with Crippen molar-refractivity contribution in [3.05, 3.63) is 73.7 Å². The molecule has 17 heteroatoms. The van der Waals surface area contributed by atoms with E-state index in [0.29, 0.717) is 12.1 Å². The Balaban J connectivity index is 2.39. The minimum absolute atomic E-state index is 0.0128. The molecule has 216 valence electrons. The molecule has 0 aliphatic heterocycles. The predicted molar refractivity (Wildman–Crippen MR) is 127 cm³/mol. The Morgan fingerprint density at radius 1 is 0.974 bits per heavy atom. The first kappa shape index (κ1) is 33.3. The zero-order chi connectivity index (χ0) is 29.9. The summed E-state index contributed by atoms with van der Waals surface area (Å²) >= 11 is 14.7. The minimum Gasteiger partial charge on any atom is -0.616 e. The molecule has 0 saturated heterocycles. The molecule has 0 aliphatic carbocycles. The van der Waals surface area contributed by atoms with Gasteiger partial charge in [-0.15, -0.1) is 0 Å². The minimum atomic E-state index is -5.29. The van der Waals surface area contributed by atoms with Gasteiger partial charge in [-0.05, 0) is 47.1 Å². The summed E-state index contributed by atoms with van der Waals surface area (Å²) in [6.07, 6.45) is -15.2. The third-order valence-electron chi connectivity index (χ3n) is 4.82. The first-order chi connectivity index (χ1) is 17.7. The van der Waals surface area contributed by atoms with E-state index in [-0.39, 0.29) is 27.2 Å². The lowest BCUT2D eigenvalue weighted by Crippen LogP contribution is -2.33. The van der Waals surface area contributed by atoms with Crippen molar-refractivity contribution in [3.63, 3.8) is 0 Å². The van der Waals surface area contributed by atoms with Crippen molar-refractivity contribution >= 4 is 57.7 Å². The monoisotopic (exact) mass is 651 g/mol. The van der Waals surface area contributed by atoms with Crippen LogP contribution in [-0.4, -0.2) is 40.9 Å². The quantitative estimate of drug-likeness (QED) is 0.177. The van der Waals surface area contributed by atoms with Gasteiger partial charge in [0.1, 0.15) is 17.5 Å². The maximum atomic E-state index is 14.9. The summed E-state index contributed by atoms with van der Waals surface area (Å²) in [5, 5.41) is 0.819. The second kappa shape index (κ2) is 12.8. The van der Waals surface area contributed by atoms with Crippen LogP contribution in [0.1, 0.15) is 33.0 Å². The second-order valence-corrected chi connectivity index (χ2v) is 10.5. The van der Waals surface area contributed by atoms with Gasteiger partial charge in [-0.3, -0.25) is 4.79 Å². The van der Waals surface area contributed by atoms with Crippen molar-refractivity contribution < 1.29 is 53.3 Å². The van der Waals surface area contributed by atoms with Crippen LogP contribution in [0.2, 0.25) is 15.1 Å². The SMILES string of the molecule is O=C(NCC[S+]([O-])CC(F)(F)F)c1ccc(/C(F)=C/C(c2cc(Cl)c(Cl)c(Cl)c2)C(F)(F)F)cc1C(F)(F)F. The van der Waals surface area contributed by atoms with E-state index >= 15 is 0 Å². The number of carbonyl (C=O) groups is 1. The summed E-state index contributed by atoms with van der Waals surface area (Å²) in [6, 6.07) is 2.69. The Morgan fingerprint density at radius 3 is 2.03 bits per heavy atom. The number of allylic oxidation sites excluding steroid dienone is 1. The summed E-state index contributed by atoms with van der Waals surface area (Å²) in [5.74, 6) is -8.30. The molecular weight excluding hydrogens is 639 g/mol. The summed E-state index contributed by atoms with van der Waals surface area (Å²) in [5.41, 5.74) is -4.46. The van der Waals surface area contributed by atoms with Crippen LogP contribution < -0.4 is 5.32 Å². The molecule has 0 fully saturated rings. The molecule has 0 spiro atoms. The largest absolute Gasteiger partial charge is 0.616 e. The van der Waals surface area contributed by atoms with E-state index in [0.717, 1.165) is 12.1 Å². The highest BCUT2D eigenvalue weighted by Crippen LogP contribution is 2.42. The fourth-order valence-electron chi connectivity index (χ4n) is 3.13. The lowest BCUT2D eigenvalue weighted by molar-refractivity contribution is -0.140. The van der Waals surface area contributed by atoms with Crippen LogP contribution in [-0.2, 0) is 17.4 Å². The van der Waals surface area contributed by atoms with Crippen molar-refractivity contribution in [1.82, 2.24) is 5.32 Å². The first-order valence-corrected chi connectivity index (χ1v) is 12.8. The van der Waals surface area contributed by atoms with Gasteiger partial charge in [0, 0.05) is 5.56 Å². The molecule has 2 aromatic carbocycles. The number of hydrogen-bond donors (Lipinski definition) is 1. The lowest BCUT2D eigenvalue weighted by atomic mass is 9.95. The van der Waals surface area contributed by atoms with Gasteiger partial charge < -0.3 is 9.87 Å². The van der Waals surface area contributed by atoms with Crippen LogP contribution >= 0.6 is 34.8 Å². The van der Waals surface area contributed by atoms with Crippen molar-refractivity contribution in [2.45, 2.75) is 24.4 Å². The maximum Gasteiger partial charge on any atom is 0.433 e. The molecule has 0 saturated carbocycles. The van der Waals surface area contributed by atoms with Gasteiger partial charge in [-0.1, -0.05) is 40.9 Å². The molecule has 2 aromatic rings. The zero-order valence-corrected chi connectivity index (χ0v) is 21.9. The average molecular weight is 653 g/mol. The molecule has 0 radical (unpaired) electrons. The number of hydrogen-bond acceptors (Lipinski definition) is 2. The normalized spacial score (nSPS) is 14.8. The van der Waals surface area contributed by atoms with E-state index in [1.165, 1.54) is 0 Å². The number of nitrogens with one attached hydrogen (secondary N) is 1. The number of benzene rings is 2. The Morgan fingerprint density at radius 2 is 1.54 bits per heavy atom. The van der Waals surface area contributed by atoms with Crippen molar-refractivity contribution in [1.29, 1.82) is 0 Å². The summed E-state index contributed by atoms with van der Waals surface area (Å²) in [6.45, 7) is -0.686. The summed E-state index contributed by atoms with van der Waals surface area (Å²) < 4.78 is 145. The van der Waals surface area contributed by atoms with Crippen LogP contribution in [0.15, 0.2) is 36.4 Å². The van der Waals surface area contributed by atoms with Gasteiger partial charge >= 0.3 is 18.5 Å².